The van der Waals surface area contributed by atoms with E-state index in [9.17, 15) is 9.18 Å². The number of hydrogen-bond acceptors (Lipinski definition) is 7. The van der Waals surface area contributed by atoms with Crippen LogP contribution >= 0.6 is 11.3 Å². The number of hydrogen-bond donors (Lipinski definition) is 1. The van der Waals surface area contributed by atoms with E-state index in [2.05, 4.69) is 20.4 Å². The lowest BCUT2D eigenvalue weighted by molar-refractivity contribution is -0.116. The number of carbonyl (C=O) groups is 1. The molecule has 32 heavy (non-hydrogen) atoms. The van der Waals surface area contributed by atoms with Crippen LogP contribution in [0, 0.1) is 19.7 Å². The van der Waals surface area contributed by atoms with Gasteiger partial charge in [-0.3, -0.25) is 4.79 Å². The summed E-state index contributed by atoms with van der Waals surface area (Å²) in [6.45, 7) is 3.63. The Morgan fingerprint density at radius 3 is 2.59 bits per heavy atom. The van der Waals surface area contributed by atoms with Crippen LogP contribution in [0.5, 0.6) is 5.75 Å². The Kier molecular flexibility index (Phi) is 6.27. The first kappa shape index (κ1) is 21.6. The van der Waals surface area contributed by atoms with Crippen LogP contribution in [0.4, 0.5) is 9.52 Å². The molecular formula is C23H21FN4O3S. The first-order chi connectivity index (χ1) is 15.4. The largest absolute Gasteiger partial charge is 0.497 e. The minimum Gasteiger partial charge on any atom is -0.497 e. The molecule has 4 rings (SSSR count). The predicted octanol–water partition coefficient (Wildman–Crippen LogP) is 5.20. The molecule has 0 aliphatic rings. The van der Waals surface area contributed by atoms with Crippen LogP contribution in [0.25, 0.3) is 22.6 Å². The second-order valence-corrected chi connectivity index (χ2v) is 8.38. The summed E-state index contributed by atoms with van der Waals surface area (Å²) in [6.07, 6.45) is 0.454. The number of amides is 1. The molecule has 0 atom stereocenters. The van der Waals surface area contributed by atoms with Crippen molar-refractivity contribution in [3.63, 3.8) is 0 Å². The van der Waals surface area contributed by atoms with Gasteiger partial charge in [-0.2, -0.15) is 4.98 Å². The van der Waals surface area contributed by atoms with E-state index in [0.29, 0.717) is 28.0 Å². The average Bonchev–Trinajstić information content (AvgIpc) is 3.41. The Bertz CT molecular complexity index is 1250. The molecule has 0 aliphatic heterocycles. The number of halogens is 1. The molecule has 0 saturated carbocycles. The highest BCUT2D eigenvalue weighted by Crippen LogP contribution is 2.31. The fourth-order valence-electron chi connectivity index (χ4n) is 3.13. The summed E-state index contributed by atoms with van der Waals surface area (Å²) in [4.78, 5) is 22.2. The molecule has 2 aromatic carbocycles. The van der Waals surface area contributed by atoms with Gasteiger partial charge in [-0.1, -0.05) is 5.16 Å². The first-order valence-electron chi connectivity index (χ1n) is 9.93. The van der Waals surface area contributed by atoms with Crippen LogP contribution in [0.3, 0.4) is 0 Å². The van der Waals surface area contributed by atoms with Crippen molar-refractivity contribution < 1.29 is 18.4 Å². The van der Waals surface area contributed by atoms with E-state index in [0.717, 1.165) is 21.9 Å². The summed E-state index contributed by atoms with van der Waals surface area (Å²) in [5.74, 6) is 0.989. The third-order valence-corrected chi connectivity index (χ3v) is 5.74. The van der Waals surface area contributed by atoms with Crippen LogP contribution < -0.4 is 10.1 Å². The van der Waals surface area contributed by atoms with Crippen LogP contribution in [0.15, 0.2) is 47.0 Å². The van der Waals surface area contributed by atoms with Crippen molar-refractivity contribution in [2.45, 2.75) is 26.7 Å². The van der Waals surface area contributed by atoms with Gasteiger partial charge in [0.15, 0.2) is 5.13 Å². The van der Waals surface area contributed by atoms with Gasteiger partial charge >= 0.3 is 0 Å². The lowest BCUT2D eigenvalue weighted by Crippen LogP contribution is -2.12. The Morgan fingerprint density at radius 2 is 1.88 bits per heavy atom. The summed E-state index contributed by atoms with van der Waals surface area (Å²) < 4.78 is 23.9. The number of methoxy groups -OCH3 is 1. The molecule has 2 aromatic heterocycles. The minimum atomic E-state index is -0.290. The van der Waals surface area contributed by atoms with Crippen molar-refractivity contribution in [3.05, 3.63) is 64.6 Å². The van der Waals surface area contributed by atoms with Crippen molar-refractivity contribution in [3.8, 4) is 28.4 Å². The number of carbonyl (C=O) groups excluding carboxylic acids is 1. The molecule has 1 amide bonds. The van der Waals surface area contributed by atoms with E-state index in [1.165, 1.54) is 17.4 Å². The van der Waals surface area contributed by atoms with Crippen molar-refractivity contribution >= 4 is 22.4 Å². The van der Waals surface area contributed by atoms with Crippen molar-refractivity contribution in [2.24, 2.45) is 0 Å². The highest BCUT2D eigenvalue weighted by atomic mass is 32.1. The zero-order valence-corrected chi connectivity index (χ0v) is 18.6. The van der Waals surface area contributed by atoms with Gasteiger partial charge in [-0.05, 0) is 61.9 Å². The zero-order chi connectivity index (χ0) is 22.7. The summed E-state index contributed by atoms with van der Waals surface area (Å²) in [5, 5.41) is 7.28. The number of rotatable bonds is 7. The van der Waals surface area contributed by atoms with Crippen LogP contribution in [-0.2, 0) is 11.2 Å². The third kappa shape index (κ3) is 4.83. The highest BCUT2D eigenvalue weighted by Gasteiger charge is 2.15. The fourth-order valence-corrected chi connectivity index (χ4v) is 3.98. The van der Waals surface area contributed by atoms with Crippen LogP contribution in [0.2, 0.25) is 0 Å². The number of thiazole rings is 1. The third-order valence-electron chi connectivity index (χ3n) is 4.86. The van der Waals surface area contributed by atoms with E-state index in [4.69, 9.17) is 9.26 Å². The maximum atomic E-state index is 13.4. The number of aryl methyl sites for hydroxylation is 3. The Balaban J connectivity index is 1.36. The van der Waals surface area contributed by atoms with E-state index < -0.39 is 0 Å². The fraction of sp³-hybridized carbons (Fsp3) is 0.217. The Labute approximate surface area is 188 Å². The lowest BCUT2D eigenvalue weighted by Gasteiger charge is -2.02. The van der Waals surface area contributed by atoms with Gasteiger partial charge in [0.1, 0.15) is 11.6 Å². The summed E-state index contributed by atoms with van der Waals surface area (Å²) in [6, 6.07) is 12.2. The number of ether oxygens (including phenoxy) is 1. The molecule has 0 spiro atoms. The molecule has 1 N–H and O–H groups in total. The van der Waals surface area contributed by atoms with E-state index in [1.54, 1.807) is 26.2 Å². The predicted molar refractivity (Wildman–Crippen MR) is 120 cm³/mol. The van der Waals surface area contributed by atoms with Crippen molar-refractivity contribution in [2.75, 3.05) is 12.4 Å². The van der Waals surface area contributed by atoms with Gasteiger partial charge < -0.3 is 14.6 Å². The van der Waals surface area contributed by atoms with Gasteiger partial charge in [0.05, 0.1) is 12.8 Å². The maximum absolute atomic E-state index is 13.4. The molecule has 9 heteroatoms. The molecule has 164 valence electrons. The summed E-state index contributed by atoms with van der Waals surface area (Å²) in [7, 11) is 1.62. The Hall–Kier alpha value is -3.59. The minimum absolute atomic E-state index is 0.167. The Morgan fingerprint density at radius 1 is 1.12 bits per heavy atom. The van der Waals surface area contributed by atoms with Crippen molar-refractivity contribution in [1.29, 1.82) is 0 Å². The number of anilines is 1. The number of nitrogens with one attached hydrogen (secondary N) is 1. The standard InChI is InChI=1S/C23H21FN4O3S/c1-13-12-16(6-9-18(13)24)22-26-20(31-28-22)11-10-19(29)25-23-27-21(14(2)32-23)15-4-7-17(30-3)8-5-15/h4-9,12H,10-11H2,1-3H3,(H,25,27,29). The molecular weight excluding hydrogens is 431 g/mol. The van der Waals surface area contributed by atoms with Crippen LogP contribution in [0.1, 0.15) is 22.8 Å². The molecule has 2 heterocycles. The smallest absolute Gasteiger partial charge is 0.227 e. The summed E-state index contributed by atoms with van der Waals surface area (Å²) >= 11 is 1.42. The highest BCUT2D eigenvalue weighted by molar-refractivity contribution is 7.16. The molecule has 0 saturated heterocycles. The topological polar surface area (TPSA) is 90.1 Å². The monoisotopic (exact) mass is 452 g/mol. The van der Waals surface area contributed by atoms with E-state index in [1.807, 2.05) is 31.2 Å². The second kappa shape index (κ2) is 9.27. The average molecular weight is 453 g/mol. The van der Waals surface area contributed by atoms with Gasteiger partial charge in [-0.15, -0.1) is 11.3 Å². The molecule has 0 fully saturated rings. The zero-order valence-electron chi connectivity index (χ0n) is 17.8. The molecule has 4 aromatic rings. The van der Waals surface area contributed by atoms with Crippen LogP contribution in [-0.4, -0.2) is 28.1 Å². The lowest BCUT2D eigenvalue weighted by atomic mass is 10.1. The van der Waals surface area contributed by atoms with Gasteiger partial charge in [0.2, 0.25) is 17.6 Å². The molecule has 0 aliphatic carbocycles. The van der Waals surface area contributed by atoms with E-state index in [-0.39, 0.29) is 24.6 Å². The van der Waals surface area contributed by atoms with Gasteiger partial charge in [-0.25, -0.2) is 9.37 Å². The van der Waals surface area contributed by atoms with Crippen molar-refractivity contribution in [1.82, 2.24) is 15.1 Å². The number of benzene rings is 2. The molecule has 0 radical (unpaired) electrons. The molecule has 0 unspecified atom stereocenters. The second-order valence-electron chi connectivity index (χ2n) is 7.18. The first-order valence-corrected chi connectivity index (χ1v) is 10.8. The normalized spacial score (nSPS) is 10.9. The molecule has 7 nitrogen and oxygen atoms in total. The van der Waals surface area contributed by atoms with Gasteiger partial charge in [0, 0.05) is 28.8 Å². The number of nitrogens with zero attached hydrogens (tertiary/aromatic N) is 3. The number of aromatic nitrogens is 3. The quantitative estimate of drug-likeness (QED) is 0.415. The SMILES string of the molecule is COc1ccc(-c2nc(NC(=O)CCc3nc(-c4ccc(F)c(C)c4)no3)sc2C)cc1. The molecule has 0 bridgehead atoms. The van der Waals surface area contributed by atoms with Gasteiger partial charge in [0.25, 0.3) is 0 Å². The maximum Gasteiger partial charge on any atom is 0.227 e. The summed E-state index contributed by atoms with van der Waals surface area (Å²) in [5.41, 5.74) is 2.94. The van der Waals surface area contributed by atoms with E-state index >= 15 is 0 Å².